The number of carbonyl (C=O) groups is 1. The van der Waals surface area contributed by atoms with Crippen molar-refractivity contribution in [3.63, 3.8) is 0 Å². The molecule has 0 saturated carbocycles. The van der Waals surface area contributed by atoms with E-state index in [2.05, 4.69) is 22.9 Å². The SMILES string of the molecule is Cc1ccc(/C=C2/SC(=S)N(c3ccc(Br)cc3)C2=O)s1. The molecule has 1 aliphatic rings. The van der Waals surface area contributed by atoms with Crippen molar-refractivity contribution >= 4 is 73.2 Å². The van der Waals surface area contributed by atoms with Crippen molar-refractivity contribution in [2.75, 3.05) is 4.90 Å². The van der Waals surface area contributed by atoms with Gasteiger partial charge in [0.15, 0.2) is 4.32 Å². The minimum absolute atomic E-state index is 0.0571. The summed E-state index contributed by atoms with van der Waals surface area (Å²) in [4.78, 5) is 17.1. The van der Waals surface area contributed by atoms with Gasteiger partial charge in [-0.15, -0.1) is 11.3 Å². The van der Waals surface area contributed by atoms with Gasteiger partial charge in [-0.2, -0.15) is 0 Å². The van der Waals surface area contributed by atoms with Crippen LogP contribution in [0.5, 0.6) is 0 Å². The van der Waals surface area contributed by atoms with E-state index >= 15 is 0 Å². The molecule has 0 radical (unpaired) electrons. The maximum atomic E-state index is 12.6. The fraction of sp³-hybridized carbons (Fsp3) is 0.0667. The van der Waals surface area contributed by atoms with E-state index in [-0.39, 0.29) is 5.91 Å². The van der Waals surface area contributed by atoms with E-state index < -0.39 is 0 Å². The summed E-state index contributed by atoms with van der Waals surface area (Å²) in [7, 11) is 0. The third kappa shape index (κ3) is 3.13. The van der Waals surface area contributed by atoms with Gasteiger partial charge in [-0.3, -0.25) is 9.69 Å². The third-order valence-corrected chi connectivity index (χ3v) is 5.69. The van der Waals surface area contributed by atoms with Crippen LogP contribution in [0.25, 0.3) is 6.08 Å². The zero-order chi connectivity index (χ0) is 15.0. The predicted molar refractivity (Wildman–Crippen MR) is 98.9 cm³/mol. The molecule has 1 aliphatic heterocycles. The first-order chi connectivity index (χ1) is 10.0. The Balaban J connectivity index is 1.92. The van der Waals surface area contributed by atoms with Crippen LogP contribution < -0.4 is 4.90 Å². The molecule has 1 fully saturated rings. The summed E-state index contributed by atoms with van der Waals surface area (Å²) in [5, 5.41) is 0. The Hall–Kier alpha value is -0.950. The van der Waals surface area contributed by atoms with Crippen LogP contribution in [0.3, 0.4) is 0 Å². The van der Waals surface area contributed by atoms with Gasteiger partial charge in [0, 0.05) is 14.2 Å². The van der Waals surface area contributed by atoms with Crippen molar-refractivity contribution in [2.24, 2.45) is 0 Å². The molecule has 0 N–H and O–H groups in total. The molecule has 0 unspecified atom stereocenters. The first-order valence-corrected chi connectivity index (χ1v) is 8.98. The lowest BCUT2D eigenvalue weighted by Gasteiger charge is -2.14. The molecule has 2 heterocycles. The van der Waals surface area contributed by atoms with Crippen LogP contribution in [0.2, 0.25) is 0 Å². The number of amides is 1. The molecule has 1 amide bonds. The summed E-state index contributed by atoms with van der Waals surface area (Å²) in [5.74, 6) is -0.0571. The van der Waals surface area contributed by atoms with Crippen LogP contribution in [0, 0.1) is 6.92 Å². The third-order valence-electron chi connectivity index (χ3n) is 2.91. The Bertz CT molecular complexity index is 749. The van der Waals surface area contributed by atoms with Gasteiger partial charge in [-0.05, 0) is 49.4 Å². The van der Waals surface area contributed by atoms with Crippen LogP contribution >= 0.6 is 51.2 Å². The zero-order valence-electron chi connectivity index (χ0n) is 11.0. The number of thioether (sulfide) groups is 1. The normalized spacial score (nSPS) is 17.0. The number of benzene rings is 1. The highest BCUT2D eigenvalue weighted by Crippen LogP contribution is 2.37. The second-order valence-corrected chi connectivity index (χ2v) is 8.35. The Labute approximate surface area is 145 Å². The highest BCUT2D eigenvalue weighted by molar-refractivity contribution is 9.10. The maximum absolute atomic E-state index is 12.6. The fourth-order valence-electron chi connectivity index (χ4n) is 1.94. The van der Waals surface area contributed by atoms with E-state index in [1.165, 1.54) is 16.6 Å². The van der Waals surface area contributed by atoms with E-state index in [9.17, 15) is 4.79 Å². The van der Waals surface area contributed by atoms with E-state index in [1.807, 2.05) is 42.5 Å². The minimum Gasteiger partial charge on any atom is -0.268 e. The molecule has 0 atom stereocenters. The number of aryl methyl sites for hydroxylation is 1. The predicted octanol–water partition coefficient (Wildman–Crippen LogP) is 5.22. The zero-order valence-corrected chi connectivity index (χ0v) is 15.0. The lowest BCUT2D eigenvalue weighted by atomic mass is 10.3. The summed E-state index contributed by atoms with van der Waals surface area (Å²) >= 11 is 11.8. The Morgan fingerprint density at radius 3 is 2.52 bits per heavy atom. The smallest absolute Gasteiger partial charge is 0.268 e. The van der Waals surface area contributed by atoms with Crippen molar-refractivity contribution in [1.29, 1.82) is 0 Å². The van der Waals surface area contributed by atoms with Crippen molar-refractivity contribution in [2.45, 2.75) is 6.92 Å². The highest BCUT2D eigenvalue weighted by atomic mass is 79.9. The van der Waals surface area contributed by atoms with Crippen molar-refractivity contribution in [3.8, 4) is 0 Å². The average Bonchev–Trinajstić information content (AvgIpc) is 2.96. The first kappa shape index (κ1) is 15.0. The number of thiophene rings is 1. The average molecular weight is 396 g/mol. The number of thiocarbonyl (C=S) groups is 1. The van der Waals surface area contributed by atoms with Crippen molar-refractivity contribution < 1.29 is 4.79 Å². The molecule has 2 aromatic rings. The first-order valence-electron chi connectivity index (χ1n) is 6.14. The number of hydrogen-bond acceptors (Lipinski definition) is 4. The van der Waals surface area contributed by atoms with Crippen LogP contribution in [-0.4, -0.2) is 10.2 Å². The standard InChI is InChI=1S/C15H10BrNOS3/c1-9-2-7-12(20-9)8-13-14(18)17(15(19)21-13)11-5-3-10(16)4-6-11/h2-8H,1H3/b13-8+. The van der Waals surface area contributed by atoms with Gasteiger partial charge in [0.2, 0.25) is 0 Å². The topological polar surface area (TPSA) is 20.3 Å². The summed E-state index contributed by atoms with van der Waals surface area (Å²) in [6.07, 6.45) is 1.91. The van der Waals surface area contributed by atoms with Gasteiger partial charge < -0.3 is 0 Å². The van der Waals surface area contributed by atoms with Crippen LogP contribution in [0.4, 0.5) is 5.69 Å². The molecule has 1 aromatic carbocycles. The maximum Gasteiger partial charge on any atom is 0.270 e. The van der Waals surface area contributed by atoms with Gasteiger partial charge >= 0.3 is 0 Å². The van der Waals surface area contributed by atoms with Crippen LogP contribution in [0.1, 0.15) is 9.75 Å². The number of halogens is 1. The molecule has 0 aliphatic carbocycles. The number of carbonyl (C=O) groups excluding carboxylic acids is 1. The van der Waals surface area contributed by atoms with E-state index in [4.69, 9.17) is 12.2 Å². The van der Waals surface area contributed by atoms with Crippen molar-refractivity contribution in [1.82, 2.24) is 0 Å². The van der Waals surface area contributed by atoms with Gasteiger partial charge in [0.05, 0.1) is 10.6 Å². The fourth-order valence-corrected chi connectivity index (χ4v) is 4.39. The van der Waals surface area contributed by atoms with E-state index in [0.717, 1.165) is 15.0 Å². The molecular formula is C15H10BrNOS3. The second-order valence-electron chi connectivity index (χ2n) is 4.44. The Morgan fingerprint density at radius 1 is 1.19 bits per heavy atom. The molecular weight excluding hydrogens is 386 g/mol. The number of rotatable bonds is 2. The number of hydrogen-bond donors (Lipinski definition) is 0. The lowest BCUT2D eigenvalue weighted by Crippen LogP contribution is -2.27. The van der Waals surface area contributed by atoms with Gasteiger partial charge in [-0.25, -0.2) is 0 Å². The summed E-state index contributed by atoms with van der Waals surface area (Å²) in [6.45, 7) is 2.05. The quantitative estimate of drug-likeness (QED) is 0.513. The van der Waals surface area contributed by atoms with Gasteiger partial charge in [0.25, 0.3) is 5.91 Å². The second kappa shape index (κ2) is 6.04. The number of nitrogens with zero attached hydrogens (tertiary/aromatic N) is 1. The summed E-state index contributed by atoms with van der Waals surface area (Å²) in [5.41, 5.74) is 0.798. The highest BCUT2D eigenvalue weighted by Gasteiger charge is 2.33. The molecule has 6 heteroatoms. The monoisotopic (exact) mass is 395 g/mol. The number of anilines is 1. The molecule has 3 rings (SSSR count). The molecule has 1 saturated heterocycles. The van der Waals surface area contributed by atoms with Gasteiger partial charge in [0.1, 0.15) is 0 Å². The van der Waals surface area contributed by atoms with Crippen LogP contribution in [0.15, 0.2) is 45.8 Å². The summed E-state index contributed by atoms with van der Waals surface area (Å²) in [6, 6.07) is 11.6. The lowest BCUT2D eigenvalue weighted by molar-refractivity contribution is -0.113. The Morgan fingerprint density at radius 2 is 1.90 bits per heavy atom. The van der Waals surface area contributed by atoms with E-state index in [1.54, 1.807) is 16.2 Å². The molecule has 1 aromatic heterocycles. The van der Waals surface area contributed by atoms with Crippen molar-refractivity contribution in [3.05, 3.63) is 55.5 Å². The summed E-state index contributed by atoms with van der Waals surface area (Å²) < 4.78 is 1.54. The molecule has 0 spiro atoms. The molecule has 21 heavy (non-hydrogen) atoms. The van der Waals surface area contributed by atoms with Gasteiger partial charge in [-0.1, -0.05) is 39.9 Å². The molecule has 2 nitrogen and oxygen atoms in total. The van der Waals surface area contributed by atoms with E-state index in [0.29, 0.717) is 9.23 Å². The minimum atomic E-state index is -0.0571. The molecule has 106 valence electrons. The molecule has 0 bridgehead atoms. The Kier molecular flexibility index (Phi) is 4.31. The largest absolute Gasteiger partial charge is 0.270 e. The van der Waals surface area contributed by atoms with Crippen LogP contribution in [-0.2, 0) is 4.79 Å².